The summed E-state index contributed by atoms with van der Waals surface area (Å²) in [6.07, 6.45) is 3.02. The van der Waals surface area contributed by atoms with E-state index in [0.717, 1.165) is 6.54 Å². The SMILES string of the molecule is CC(C)(C)OC=O.O=C(CNc1nccnc1Cl)C12CN1CCO2. The van der Waals surface area contributed by atoms with Gasteiger partial charge in [0, 0.05) is 18.9 Å². The second kappa shape index (κ2) is 7.42. The van der Waals surface area contributed by atoms with Gasteiger partial charge in [-0.15, -0.1) is 0 Å². The van der Waals surface area contributed by atoms with Crippen molar-refractivity contribution in [2.75, 3.05) is 31.6 Å². The smallest absolute Gasteiger partial charge is 0.293 e. The molecule has 2 saturated heterocycles. The van der Waals surface area contributed by atoms with E-state index in [9.17, 15) is 9.59 Å². The van der Waals surface area contributed by atoms with Gasteiger partial charge in [0.05, 0.1) is 19.7 Å². The number of Topliss-reactive ketones (excluding diaryl/α,β-unsaturated/α-hetero) is 1. The number of rotatable bonds is 5. The van der Waals surface area contributed by atoms with Crippen LogP contribution in [0.15, 0.2) is 12.4 Å². The molecule has 2 aliphatic rings. The van der Waals surface area contributed by atoms with Gasteiger partial charge >= 0.3 is 0 Å². The van der Waals surface area contributed by atoms with Crippen molar-refractivity contribution in [1.82, 2.24) is 14.9 Å². The zero-order valence-corrected chi connectivity index (χ0v) is 14.7. The number of aromatic nitrogens is 2. The van der Waals surface area contributed by atoms with E-state index in [4.69, 9.17) is 16.3 Å². The Morgan fingerprint density at radius 2 is 2.21 bits per heavy atom. The van der Waals surface area contributed by atoms with E-state index in [-0.39, 0.29) is 23.1 Å². The Labute approximate surface area is 145 Å². The molecule has 1 aromatic rings. The fraction of sp³-hybridized carbons (Fsp3) is 0.600. The lowest BCUT2D eigenvalue weighted by Gasteiger charge is -2.14. The molecule has 9 heteroatoms. The first-order chi connectivity index (χ1) is 11.3. The molecule has 1 aromatic heterocycles. The maximum atomic E-state index is 12.0. The number of nitrogens with zero attached hydrogens (tertiary/aromatic N) is 3. The molecule has 0 radical (unpaired) electrons. The average molecular weight is 357 g/mol. The van der Waals surface area contributed by atoms with Crippen LogP contribution in [0.1, 0.15) is 20.8 Å². The normalized spacial score (nSPS) is 24.2. The van der Waals surface area contributed by atoms with Crippen molar-refractivity contribution in [3.05, 3.63) is 17.5 Å². The third-order valence-electron chi connectivity index (χ3n) is 3.42. The molecule has 0 saturated carbocycles. The first kappa shape index (κ1) is 18.6. The maximum Gasteiger partial charge on any atom is 0.293 e. The second-order valence-electron chi connectivity index (χ2n) is 6.35. The van der Waals surface area contributed by atoms with Crippen LogP contribution in [-0.2, 0) is 19.1 Å². The zero-order valence-electron chi connectivity index (χ0n) is 13.9. The van der Waals surface area contributed by atoms with Gasteiger partial charge in [0.15, 0.2) is 22.5 Å². The molecule has 0 amide bonds. The third-order valence-corrected chi connectivity index (χ3v) is 3.70. The molecular weight excluding hydrogens is 336 g/mol. The van der Waals surface area contributed by atoms with Crippen molar-refractivity contribution in [2.45, 2.75) is 32.1 Å². The molecule has 0 spiro atoms. The molecule has 2 atom stereocenters. The van der Waals surface area contributed by atoms with Crippen molar-refractivity contribution in [1.29, 1.82) is 0 Å². The molecule has 2 fully saturated rings. The van der Waals surface area contributed by atoms with Crippen LogP contribution in [0.3, 0.4) is 0 Å². The van der Waals surface area contributed by atoms with Crippen LogP contribution in [0.25, 0.3) is 0 Å². The molecule has 2 aliphatic heterocycles. The molecule has 0 aliphatic carbocycles. The maximum absolute atomic E-state index is 12.0. The lowest BCUT2D eigenvalue weighted by Crippen LogP contribution is -2.33. The fourth-order valence-corrected chi connectivity index (χ4v) is 2.35. The highest BCUT2D eigenvalue weighted by molar-refractivity contribution is 6.31. The molecule has 8 nitrogen and oxygen atoms in total. The summed E-state index contributed by atoms with van der Waals surface area (Å²) in [7, 11) is 0. The Morgan fingerprint density at radius 1 is 1.50 bits per heavy atom. The summed E-state index contributed by atoms with van der Waals surface area (Å²) < 4.78 is 10.0. The molecular formula is C15H21ClN4O4. The average Bonchev–Trinajstić information content (AvgIpc) is 3.07. The zero-order chi connectivity index (χ0) is 17.8. The Balaban J connectivity index is 0.000000256. The highest BCUT2D eigenvalue weighted by Crippen LogP contribution is 2.38. The van der Waals surface area contributed by atoms with Crippen molar-refractivity contribution >= 4 is 29.7 Å². The minimum atomic E-state index is -0.665. The predicted octanol–water partition coefficient (Wildman–Crippen LogP) is 1.11. The third kappa shape index (κ3) is 4.62. The van der Waals surface area contributed by atoms with Gasteiger partial charge in [0.1, 0.15) is 5.60 Å². The molecule has 24 heavy (non-hydrogen) atoms. The van der Waals surface area contributed by atoms with Gasteiger partial charge in [-0.05, 0) is 20.8 Å². The Kier molecular flexibility index (Phi) is 5.74. The van der Waals surface area contributed by atoms with Gasteiger partial charge < -0.3 is 14.8 Å². The Morgan fingerprint density at radius 3 is 2.67 bits per heavy atom. The first-order valence-corrected chi connectivity index (χ1v) is 7.90. The van der Waals surface area contributed by atoms with Crippen LogP contribution < -0.4 is 5.32 Å². The molecule has 132 valence electrons. The molecule has 3 heterocycles. The van der Waals surface area contributed by atoms with Crippen LogP contribution in [0, 0.1) is 0 Å². The minimum Gasteiger partial charge on any atom is -0.462 e. The summed E-state index contributed by atoms with van der Waals surface area (Å²) in [4.78, 5) is 31.5. The summed E-state index contributed by atoms with van der Waals surface area (Å²) >= 11 is 5.82. The number of morpholine rings is 1. The Bertz CT molecular complexity index is 607. The van der Waals surface area contributed by atoms with Crippen LogP contribution in [0.4, 0.5) is 5.82 Å². The van der Waals surface area contributed by atoms with E-state index in [2.05, 4.69) is 20.0 Å². The number of carbonyl (C=O) groups is 2. The topological polar surface area (TPSA) is 93.4 Å². The van der Waals surface area contributed by atoms with Gasteiger partial charge in [-0.1, -0.05) is 11.6 Å². The highest BCUT2D eigenvalue weighted by Gasteiger charge is 2.62. The van der Waals surface area contributed by atoms with E-state index in [1.165, 1.54) is 12.4 Å². The van der Waals surface area contributed by atoms with E-state index in [1.54, 1.807) is 0 Å². The van der Waals surface area contributed by atoms with Crippen LogP contribution in [0.5, 0.6) is 0 Å². The second-order valence-corrected chi connectivity index (χ2v) is 6.71. The van der Waals surface area contributed by atoms with Gasteiger partial charge in [0.2, 0.25) is 0 Å². The lowest BCUT2D eigenvalue weighted by molar-refractivity contribution is -0.138. The van der Waals surface area contributed by atoms with E-state index in [1.807, 2.05) is 25.7 Å². The number of ether oxygens (including phenoxy) is 2. The quantitative estimate of drug-likeness (QED) is 0.619. The number of halogens is 1. The first-order valence-electron chi connectivity index (χ1n) is 7.53. The van der Waals surface area contributed by atoms with Gasteiger partial charge in [-0.2, -0.15) is 0 Å². The van der Waals surface area contributed by atoms with Crippen LogP contribution >= 0.6 is 11.6 Å². The molecule has 0 bridgehead atoms. The number of fused-ring (bicyclic) bond motifs is 1. The molecule has 1 N–H and O–H groups in total. The van der Waals surface area contributed by atoms with Gasteiger partial charge in [0.25, 0.3) is 6.47 Å². The van der Waals surface area contributed by atoms with Gasteiger partial charge in [-0.3, -0.25) is 14.5 Å². The summed E-state index contributed by atoms with van der Waals surface area (Å²) in [5, 5.41) is 3.14. The van der Waals surface area contributed by atoms with E-state index < -0.39 is 5.72 Å². The Hall–Kier alpha value is -1.77. The van der Waals surface area contributed by atoms with Crippen molar-refractivity contribution < 1.29 is 19.1 Å². The van der Waals surface area contributed by atoms with Gasteiger partial charge in [-0.25, -0.2) is 9.97 Å². The van der Waals surface area contributed by atoms with Crippen molar-refractivity contribution in [2.24, 2.45) is 0 Å². The number of carbonyl (C=O) groups excluding carboxylic acids is 2. The summed E-state index contributed by atoms with van der Waals surface area (Å²) in [5.74, 6) is 0.431. The monoisotopic (exact) mass is 356 g/mol. The minimum absolute atomic E-state index is 0.0109. The summed E-state index contributed by atoms with van der Waals surface area (Å²) in [6, 6.07) is 0. The number of hydrogen-bond acceptors (Lipinski definition) is 8. The van der Waals surface area contributed by atoms with E-state index in [0.29, 0.717) is 25.4 Å². The number of nitrogens with one attached hydrogen (secondary N) is 1. The van der Waals surface area contributed by atoms with E-state index >= 15 is 0 Å². The highest BCUT2D eigenvalue weighted by atomic mass is 35.5. The standard InChI is InChI=1S/C10H11ClN4O2.C5H10O2/c11-8-9(13-2-1-12-8)14-5-7(16)10-6-15(10)3-4-17-10;1-5(2,3)7-4-6/h1-2H,3-6H2,(H,13,14);4H,1-3H3. The predicted molar refractivity (Wildman–Crippen MR) is 87.7 cm³/mol. The summed E-state index contributed by atoms with van der Waals surface area (Å²) in [6.45, 7) is 8.22. The number of ketones is 1. The number of anilines is 1. The summed E-state index contributed by atoms with van der Waals surface area (Å²) in [5.41, 5.74) is -0.983. The molecule has 3 rings (SSSR count). The fourth-order valence-electron chi connectivity index (χ4n) is 2.18. The molecule has 0 aromatic carbocycles. The molecule has 2 unspecified atom stereocenters. The van der Waals surface area contributed by atoms with Crippen LogP contribution in [-0.4, -0.2) is 64.7 Å². The van der Waals surface area contributed by atoms with Crippen molar-refractivity contribution in [3.8, 4) is 0 Å². The largest absolute Gasteiger partial charge is 0.462 e. The van der Waals surface area contributed by atoms with Crippen LogP contribution in [0.2, 0.25) is 5.15 Å². The number of hydrogen-bond donors (Lipinski definition) is 1. The van der Waals surface area contributed by atoms with Crippen molar-refractivity contribution in [3.63, 3.8) is 0 Å². The lowest BCUT2D eigenvalue weighted by atomic mass is 10.2.